The van der Waals surface area contributed by atoms with E-state index in [9.17, 15) is 4.79 Å². The molecule has 1 N–H and O–H groups in total. The molecule has 16 heavy (non-hydrogen) atoms. The first-order chi connectivity index (χ1) is 7.63. The van der Waals surface area contributed by atoms with Gasteiger partial charge in [0.25, 0.3) is 0 Å². The van der Waals surface area contributed by atoms with E-state index in [0.717, 1.165) is 11.4 Å². The highest BCUT2D eigenvalue weighted by molar-refractivity contribution is 8.15. The molecule has 1 aromatic rings. The molecule has 4 heteroatoms. The summed E-state index contributed by atoms with van der Waals surface area (Å²) in [7, 11) is 0. The second-order valence-electron chi connectivity index (χ2n) is 3.38. The number of Topliss-reactive ketones (excluding diaryl/α,β-unsaturated/α-hetero) is 1. The van der Waals surface area contributed by atoms with Gasteiger partial charge in [0.15, 0.2) is 10.8 Å². The zero-order valence-corrected chi connectivity index (χ0v) is 10.6. The number of aryl methyl sites for hydroxylation is 1. The van der Waals surface area contributed by atoms with Crippen molar-refractivity contribution in [2.75, 3.05) is 11.2 Å². The average Bonchev–Trinajstić information content (AvgIpc) is 2.26. The third kappa shape index (κ3) is 4.06. The lowest BCUT2D eigenvalue weighted by Gasteiger charge is -2.03. The number of anilines is 1. The summed E-state index contributed by atoms with van der Waals surface area (Å²) in [5.41, 5.74) is 4.97. The lowest BCUT2D eigenvalue weighted by Crippen LogP contribution is -2.08. The monoisotopic (exact) mass is 236 g/mol. The van der Waals surface area contributed by atoms with E-state index in [-0.39, 0.29) is 5.78 Å². The van der Waals surface area contributed by atoms with Gasteiger partial charge in [-0.15, -0.1) is 11.8 Å². The summed E-state index contributed by atoms with van der Waals surface area (Å²) in [6.07, 6.45) is 0. The lowest BCUT2D eigenvalue weighted by atomic mass is 10.2. The molecule has 1 rings (SSSR count). The number of rotatable bonds is 4. The number of hydrogen-bond acceptors (Lipinski definition) is 4. The fourth-order valence-corrected chi connectivity index (χ4v) is 1.68. The molecule has 0 saturated heterocycles. The van der Waals surface area contributed by atoms with Crippen molar-refractivity contribution in [1.29, 1.82) is 0 Å². The number of carbonyl (C=O) groups is 1. The molecule has 1 aromatic carbocycles. The maximum atomic E-state index is 11.2. The smallest absolute Gasteiger partial charge is 0.186 e. The molecular formula is C12H16N2OS. The topological polar surface area (TPSA) is 41.5 Å². The molecule has 0 aliphatic carbocycles. The van der Waals surface area contributed by atoms with E-state index < -0.39 is 0 Å². The number of benzene rings is 1. The van der Waals surface area contributed by atoms with Crippen LogP contribution in [-0.2, 0) is 4.79 Å². The number of nitrogens with one attached hydrogen (secondary N) is 1. The van der Waals surface area contributed by atoms with E-state index in [1.165, 1.54) is 24.2 Å². The summed E-state index contributed by atoms with van der Waals surface area (Å²) in [6.45, 7) is 5.55. The molecule has 3 nitrogen and oxygen atoms in total. The van der Waals surface area contributed by atoms with Crippen LogP contribution >= 0.6 is 11.8 Å². The third-order valence-corrected chi connectivity index (χ3v) is 2.86. The van der Waals surface area contributed by atoms with Crippen LogP contribution in [0.1, 0.15) is 19.4 Å². The molecule has 0 fully saturated rings. The van der Waals surface area contributed by atoms with Crippen molar-refractivity contribution >= 4 is 28.3 Å². The van der Waals surface area contributed by atoms with Crippen molar-refractivity contribution in [2.24, 2.45) is 5.10 Å². The van der Waals surface area contributed by atoms with Crippen LogP contribution in [0.4, 0.5) is 5.69 Å². The first kappa shape index (κ1) is 12.8. The Morgan fingerprint density at radius 2 is 2.00 bits per heavy atom. The molecule has 0 radical (unpaired) electrons. The Morgan fingerprint density at radius 3 is 2.50 bits per heavy atom. The number of thioether (sulfide) groups is 1. The zero-order chi connectivity index (χ0) is 12.0. The van der Waals surface area contributed by atoms with E-state index in [1.54, 1.807) is 0 Å². The van der Waals surface area contributed by atoms with Crippen LogP contribution in [0, 0.1) is 6.92 Å². The SMILES string of the molecule is CCSC(=NNc1ccc(C)cc1)C(C)=O. The van der Waals surface area contributed by atoms with Crippen molar-refractivity contribution in [3.8, 4) is 0 Å². The van der Waals surface area contributed by atoms with E-state index in [1.807, 2.05) is 38.1 Å². The average molecular weight is 236 g/mol. The van der Waals surface area contributed by atoms with Crippen molar-refractivity contribution in [3.05, 3.63) is 29.8 Å². The van der Waals surface area contributed by atoms with Crippen molar-refractivity contribution in [1.82, 2.24) is 0 Å². The van der Waals surface area contributed by atoms with Gasteiger partial charge in [-0.2, -0.15) is 5.10 Å². The fourth-order valence-electron chi connectivity index (χ4n) is 1.09. The van der Waals surface area contributed by atoms with Crippen LogP contribution in [0.2, 0.25) is 0 Å². The van der Waals surface area contributed by atoms with E-state index >= 15 is 0 Å². The summed E-state index contributed by atoms with van der Waals surface area (Å²) in [4.78, 5) is 11.2. The van der Waals surface area contributed by atoms with Crippen LogP contribution in [0.3, 0.4) is 0 Å². The molecule has 0 amide bonds. The predicted octanol–water partition coefficient (Wildman–Crippen LogP) is 3.06. The minimum absolute atomic E-state index is 0.00791. The Balaban J connectivity index is 2.69. The molecule has 0 spiro atoms. The normalized spacial score (nSPS) is 11.3. The highest BCUT2D eigenvalue weighted by Gasteiger charge is 2.04. The van der Waals surface area contributed by atoms with Crippen LogP contribution in [0.25, 0.3) is 0 Å². The Labute approximate surface area is 100 Å². The molecule has 86 valence electrons. The summed E-state index contributed by atoms with van der Waals surface area (Å²) in [5, 5.41) is 4.61. The summed E-state index contributed by atoms with van der Waals surface area (Å²) >= 11 is 1.44. The first-order valence-electron chi connectivity index (χ1n) is 5.17. The van der Waals surface area contributed by atoms with Gasteiger partial charge >= 0.3 is 0 Å². The maximum absolute atomic E-state index is 11.2. The summed E-state index contributed by atoms with van der Waals surface area (Å²) in [5.74, 6) is 0.833. The van der Waals surface area contributed by atoms with E-state index in [0.29, 0.717) is 5.04 Å². The minimum atomic E-state index is -0.00791. The van der Waals surface area contributed by atoms with Gasteiger partial charge in [-0.1, -0.05) is 24.6 Å². The fraction of sp³-hybridized carbons (Fsp3) is 0.333. The van der Waals surface area contributed by atoms with Crippen LogP contribution in [-0.4, -0.2) is 16.6 Å². The molecular weight excluding hydrogens is 220 g/mol. The highest BCUT2D eigenvalue weighted by Crippen LogP contribution is 2.10. The van der Waals surface area contributed by atoms with Gasteiger partial charge in [-0.05, 0) is 24.8 Å². The Hall–Kier alpha value is -1.29. The number of carbonyl (C=O) groups excluding carboxylic acids is 1. The number of ketones is 1. The summed E-state index contributed by atoms with van der Waals surface area (Å²) in [6, 6.07) is 7.87. The Kier molecular flexibility index (Phi) is 5.05. The van der Waals surface area contributed by atoms with Crippen LogP contribution in [0.15, 0.2) is 29.4 Å². The first-order valence-corrected chi connectivity index (χ1v) is 6.16. The largest absolute Gasteiger partial charge is 0.292 e. The van der Waals surface area contributed by atoms with Crippen LogP contribution in [0.5, 0.6) is 0 Å². The Bertz CT molecular complexity index is 385. The van der Waals surface area contributed by atoms with Crippen molar-refractivity contribution in [3.63, 3.8) is 0 Å². The third-order valence-electron chi connectivity index (χ3n) is 1.92. The number of hydrogen-bond donors (Lipinski definition) is 1. The van der Waals surface area contributed by atoms with Gasteiger partial charge in [0.1, 0.15) is 0 Å². The molecule has 0 bridgehead atoms. The lowest BCUT2D eigenvalue weighted by molar-refractivity contribution is -0.110. The summed E-state index contributed by atoms with van der Waals surface area (Å²) < 4.78 is 0. The minimum Gasteiger partial charge on any atom is -0.292 e. The van der Waals surface area contributed by atoms with Gasteiger partial charge in [0.05, 0.1) is 5.69 Å². The molecule has 0 aromatic heterocycles. The molecule has 0 aliphatic heterocycles. The second-order valence-corrected chi connectivity index (χ2v) is 4.64. The number of hydrazone groups is 1. The van der Waals surface area contributed by atoms with Gasteiger partial charge in [0.2, 0.25) is 0 Å². The predicted molar refractivity (Wildman–Crippen MR) is 71.0 cm³/mol. The van der Waals surface area contributed by atoms with Gasteiger partial charge in [0, 0.05) is 6.92 Å². The number of nitrogens with zero attached hydrogens (tertiary/aromatic N) is 1. The Morgan fingerprint density at radius 1 is 1.38 bits per heavy atom. The molecule has 0 atom stereocenters. The standard InChI is InChI=1S/C12H16N2OS/c1-4-16-12(10(3)15)14-13-11-7-5-9(2)6-8-11/h5-8,13H,4H2,1-3H3. The van der Waals surface area contributed by atoms with Crippen molar-refractivity contribution < 1.29 is 4.79 Å². The molecule has 0 heterocycles. The second kappa shape index (κ2) is 6.33. The van der Waals surface area contributed by atoms with Gasteiger partial charge in [-0.25, -0.2) is 0 Å². The van der Waals surface area contributed by atoms with E-state index in [2.05, 4.69) is 10.5 Å². The van der Waals surface area contributed by atoms with Gasteiger partial charge < -0.3 is 0 Å². The molecule has 0 aliphatic rings. The van der Waals surface area contributed by atoms with Gasteiger partial charge in [-0.3, -0.25) is 10.2 Å². The van der Waals surface area contributed by atoms with Crippen molar-refractivity contribution in [2.45, 2.75) is 20.8 Å². The van der Waals surface area contributed by atoms with Crippen LogP contribution < -0.4 is 5.43 Å². The maximum Gasteiger partial charge on any atom is 0.186 e. The molecule has 0 unspecified atom stereocenters. The quantitative estimate of drug-likeness (QED) is 0.496. The zero-order valence-electron chi connectivity index (χ0n) is 9.78. The highest BCUT2D eigenvalue weighted by atomic mass is 32.2. The van der Waals surface area contributed by atoms with E-state index in [4.69, 9.17) is 0 Å². The molecule has 0 saturated carbocycles.